The molecule has 2 aromatic carbocycles. The molecule has 0 radical (unpaired) electrons. The molecule has 0 bridgehead atoms. The Morgan fingerprint density at radius 1 is 1.14 bits per heavy atom. The van der Waals surface area contributed by atoms with Gasteiger partial charge in [0.25, 0.3) is 0 Å². The molecule has 0 saturated carbocycles. The van der Waals surface area contributed by atoms with Gasteiger partial charge in [0.15, 0.2) is 5.11 Å². The maximum atomic E-state index is 11.1. The van der Waals surface area contributed by atoms with Crippen molar-refractivity contribution in [3.63, 3.8) is 0 Å². The van der Waals surface area contributed by atoms with Gasteiger partial charge >= 0.3 is 5.97 Å². The van der Waals surface area contributed by atoms with E-state index in [4.69, 9.17) is 45.3 Å². The lowest BCUT2D eigenvalue weighted by molar-refractivity contribution is 0.0697. The number of carboxylic acid groups (broad SMARTS) is 1. The van der Waals surface area contributed by atoms with Crippen molar-refractivity contribution in [1.29, 1.82) is 0 Å². The quantitative estimate of drug-likeness (QED) is 0.691. The Bertz CT molecular complexity index is 902. The molecular formula is C19H19Cl2N3O3S. The van der Waals surface area contributed by atoms with Crippen LogP contribution in [0.1, 0.15) is 10.4 Å². The first-order chi connectivity index (χ1) is 13.4. The van der Waals surface area contributed by atoms with E-state index in [9.17, 15) is 4.79 Å². The number of benzene rings is 2. The van der Waals surface area contributed by atoms with E-state index in [0.29, 0.717) is 15.8 Å². The Morgan fingerprint density at radius 2 is 1.86 bits per heavy atom. The van der Waals surface area contributed by atoms with Crippen LogP contribution in [-0.2, 0) is 0 Å². The van der Waals surface area contributed by atoms with Crippen LogP contribution in [-0.4, -0.2) is 54.4 Å². The van der Waals surface area contributed by atoms with Gasteiger partial charge in [-0.05, 0) is 48.6 Å². The van der Waals surface area contributed by atoms with Crippen LogP contribution >= 0.6 is 35.4 Å². The Kier molecular flexibility index (Phi) is 6.49. The number of hydrogen-bond acceptors (Lipinski definition) is 4. The zero-order valence-corrected chi connectivity index (χ0v) is 17.4. The van der Waals surface area contributed by atoms with Gasteiger partial charge in [-0.3, -0.25) is 0 Å². The number of halogens is 2. The number of carbonyl (C=O) groups is 1. The van der Waals surface area contributed by atoms with Crippen molar-refractivity contribution in [2.45, 2.75) is 0 Å². The topological polar surface area (TPSA) is 65.0 Å². The van der Waals surface area contributed by atoms with Crippen molar-refractivity contribution in [2.75, 3.05) is 43.5 Å². The van der Waals surface area contributed by atoms with Crippen LogP contribution < -0.4 is 15.0 Å². The fraction of sp³-hybridized carbons (Fsp3) is 0.263. The Morgan fingerprint density at radius 3 is 2.46 bits per heavy atom. The second-order valence-electron chi connectivity index (χ2n) is 6.22. The van der Waals surface area contributed by atoms with E-state index in [1.807, 2.05) is 12.1 Å². The summed E-state index contributed by atoms with van der Waals surface area (Å²) in [6.07, 6.45) is 0. The third-order valence-corrected chi connectivity index (χ3v) is 5.41. The minimum atomic E-state index is -1.06. The molecule has 1 fully saturated rings. The molecule has 1 aliphatic heterocycles. The summed E-state index contributed by atoms with van der Waals surface area (Å²) in [6, 6.07) is 10.2. The second-order valence-corrected chi connectivity index (χ2v) is 7.45. The molecule has 2 N–H and O–H groups in total. The van der Waals surface area contributed by atoms with Crippen LogP contribution in [0.5, 0.6) is 5.75 Å². The molecule has 0 aromatic heterocycles. The fourth-order valence-corrected chi connectivity index (χ4v) is 3.76. The number of hydrogen-bond donors (Lipinski definition) is 2. The molecule has 2 aromatic rings. The number of nitrogens with one attached hydrogen (secondary N) is 1. The van der Waals surface area contributed by atoms with Crippen molar-refractivity contribution in [2.24, 2.45) is 0 Å². The zero-order chi connectivity index (χ0) is 20.3. The average Bonchev–Trinajstić information content (AvgIpc) is 2.68. The number of methoxy groups -OCH3 is 1. The predicted octanol–water partition coefficient (Wildman–Crippen LogP) is 4.22. The average molecular weight is 440 g/mol. The third kappa shape index (κ3) is 4.60. The number of nitrogens with zero attached hydrogens (tertiary/aromatic N) is 2. The molecule has 0 atom stereocenters. The molecule has 0 amide bonds. The van der Waals surface area contributed by atoms with Gasteiger partial charge in [-0.25, -0.2) is 4.79 Å². The highest BCUT2D eigenvalue weighted by molar-refractivity contribution is 7.80. The van der Waals surface area contributed by atoms with Gasteiger partial charge in [-0.15, -0.1) is 0 Å². The Labute approximate surface area is 178 Å². The van der Waals surface area contributed by atoms with Crippen molar-refractivity contribution < 1.29 is 14.6 Å². The van der Waals surface area contributed by atoms with Gasteiger partial charge in [0.2, 0.25) is 0 Å². The first-order valence-corrected chi connectivity index (χ1v) is 9.72. The van der Waals surface area contributed by atoms with E-state index in [1.54, 1.807) is 25.3 Å². The summed E-state index contributed by atoms with van der Waals surface area (Å²) in [7, 11) is 1.64. The fourth-order valence-electron chi connectivity index (χ4n) is 3.03. The van der Waals surface area contributed by atoms with Gasteiger partial charge in [0.05, 0.1) is 23.4 Å². The van der Waals surface area contributed by atoms with Gasteiger partial charge in [-0.1, -0.05) is 23.2 Å². The second kappa shape index (κ2) is 8.86. The smallest absolute Gasteiger partial charge is 0.337 e. The maximum Gasteiger partial charge on any atom is 0.337 e. The SMILES string of the molecule is COc1ccc(Cl)cc1N1CCN(C(=S)Nc2ccc(C(=O)O)c(Cl)c2)CC1. The molecule has 0 unspecified atom stereocenters. The highest BCUT2D eigenvalue weighted by atomic mass is 35.5. The van der Waals surface area contributed by atoms with Crippen LogP contribution in [0.15, 0.2) is 36.4 Å². The molecule has 1 aliphatic rings. The first-order valence-electron chi connectivity index (χ1n) is 8.56. The van der Waals surface area contributed by atoms with E-state index in [1.165, 1.54) is 6.07 Å². The van der Waals surface area contributed by atoms with Gasteiger partial charge in [0, 0.05) is 36.9 Å². The van der Waals surface area contributed by atoms with Crippen molar-refractivity contribution in [3.8, 4) is 5.75 Å². The summed E-state index contributed by atoms with van der Waals surface area (Å²) in [5.74, 6) is -0.279. The minimum absolute atomic E-state index is 0.0576. The molecule has 1 heterocycles. The number of carboxylic acids is 1. The summed E-state index contributed by atoms with van der Waals surface area (Å²) in [6.45, 7) is 2.97. The summed E-state index contributed by atoms with van der Waals surface area (Å²) >= 11 is 17.6. The summed E-state index contributed by atoms with van der Waals surface area (Å²) < 4.78 is 5.44. The Balaban J connectivity index is 1.62. The highest BCUT2D eigenvalue weighted by Gasteiger charge is 2.22. The predicted molar refractivity (Wildman–Crippen MR) is 116 cm³/mol. The number of anilines is 2. The van der Waals surface area contributed by atoms with Gasteiger partial charge in [-0.2, -0.15) is 0 Å². The molecule has 28 heavy (non-hydrogen) atoms. The van der Waals surface area contributed by atoms with E-state index >= 15 is 0 Å². The molecule has 148 valence electrons. The maximum absolute atomic E-state index is 11.1. The Hall–Kier alpha value is -2.22. The number of thiocarbonyl (C=S) groups is 1. The normalized spacial score (nSPS) is 14.0. The van der Waals surface area contributed by atoms with Crippen LogP contribution in [0.3, 0.4) is 0 Å². The van der Waals surface area contributed by atoms with E-state index < -0.39 is 5.97 Å². The number of aromatic carboxylic acids is 1. The molecule has 9 heteroatoms. The summed E-state index contributed by atoms with van der Waals surface area (Å²) in [5, 5.41) is 13.6. The van der Waals surface area contributed by atoms with Crippen LogP contribution in [0.25, 0.3) is 0 Å². The van der Waals surface area contributed by atoms with E-state index in [2.05, 4.69) is 15.1 Å². The molecule has 6 nitrogen and oxygen atoms in total. The molecule has 1 saturated heterocycles. The highest BCUT2D eigenvalue weighted by Crippen LogP contribution is 2.32. The zero-order valence-electron chi connectivity index (χ0n) is 15.1. The first kappa shape index (κ1) is 20.5. The van der Waals surface area contributed by atoms with Crippen molar-refractivity contribution in [3.05, 3.63) is 52.0 Å². The molecule has 0 spiro atoms. The van der Waals surface area contributed by atoms with Gasteiger partial charge in [0.1, 0.15) is 5.75 Å². The molecule has 0 aliphatic carbocycles. The number of piperazine rings is 1. The van der Waals surface area contributed by atoms with Gasteiger partial charge < -0.3 is 25.0 Å². The molecule has 3 rings (SSSR count). The third-order valence-electron chi connectivity index (χ3n) is 4.50. The number of rotatable bonds is 4. The monoisotopic (exact) mass is 439 g/mol. The lowest BCUT2D eigenvalue weighted by Crippen LogP contribution is -2.50. The summed E-state index contributed by atoms with van der Waals surface area (Å²) in [5.41, 5.74) is 1.67. The van der Waals surface area contributed by atoms with Crippen LogP contribution in [0.2, 0.25) is 10.0 Å². The van der Waals surface area contributed by atoms with Crippen LogP contribution in [0, 0.1) is 0 Å². The summed E-state index contributed by atoms with van der Waals surface area (Å²) in [4.78, 5) is 15.3. The van der Waals surface area contributed by atoms with E-state index in [-0.39, 0.29) is 10.6 Å². The lowest BCUT2D eigenvalue weighted by atomic mass is 10.2. The number of ether oxygens (including phenoxy) is 1. The largest absolute Gasteiger partial charge is 0.495 e. The van der Waals surface area contributed by atoms with Crippen molar-refractivity contribution >= 4 is 57.9 Å². The standard InChI is InChI=1S/C19H19Cl2N3O3S/c1-27-17-5-2-12(20)10-16(17)23-6-8-24(9-7-23)19(28)22-13-3-4-14(18(25)26)15(21)11-13/h2-5,10-11H,6-9H2,1H3,(H,22,28)(H,25,26). The lowest BCUT2D eigenvalue weighted by Gasteiger charge is -2.38. The van der Waals surface area contributed by atoms with Crippen LogP contribution in [0.4, 0.5) is 11.4 Å². The minimum Gasteiger partial charge on any atom is -0.495 e. The van der Waals surface area contributed by atoms with E-state index in [0.717, 1.165) is 37.6 Å². The molecular weight excluding hydrogens is 421 g/mol. The van der Waals surface area contributed by atoms with Crippen molar-refractivity contribution in [1.82, 2.24) is 4.90 Å².